The molecule has 2 heterocycles. The van der Waals surface area contributed by atoms with Crippen LogP contribution >= 0.6 is 0 Å². The van der Waals surface area contributed by atoms with Crippen LogP contribution in [0.4, 0.5) is 5.69 Å². The molecule has 0 saturated carbocycles. The lowest BCUT2D eigenvalue weighted by atomic mass is 9.94. The zero-order valence-corrected chi connectivity index (χ0v) is 15.6. The van der Waals surface area contributed by atoms with Gasteiger partial charge in [-0.25, -0.2) is 4.98 Å². The molecule has 3 aromatic rings. The summed E-state index contributed by atoms with van der Waals surface area (Å²) in [5.74, 6) is 0.515. The molecule has 0 aliphatic heterocycles. The molecule has 4 rings (SSSR count). The Morgan fingerprint density at radius 3 is 2.57 bits per heavy atom. The van der Waals surface area contributed by atoms with Gasteiger partial charge in [-0.05, 0) is 37.6 Å². The van der Waals surface area contributed by atoms with Gasteiger partial charge in [-0.1, -0.05) is 0 Å². The standard InChI is InChI=1S/C21H19N3O4/c1-12-17-15(25)4-3-5-16(17)28-19(12)21(27)23-14-8-6-13(7-9-14)18(26)20-22-10-11-24(20)2/h6-11H,3-5H2,1-2H3,(H,23,27). The molecule has 2 aromatic heterocycles. The monoisotopic (exact) mass is 377 g/mol. The van der Waals surface area contributed by atoms with Crippen molar-refractivity contribution in [3.8, 4) is 0 Å². The van der Waals surface area contributed by atoms with E-state index in [2.05, 4.69) is 10.3 Å². The van der Waals surface area contributed by atoms with E-state index in [9.17, 15) is 14.4 Å². The smallest absolute Gasteiger partial charge is 0.291 e. The molecule has 142 valence electrons. The van der Waals surface area contributed by atoms with Gasteiger partial charge in [0.25, 0.3) is 5.91 Å². The van der Waals surface area contributed by atoms with Crippen molar-refractivity contribution in [3.63, 3.8) is 0 Å². The number of hydrogen-bond acceptors (Lipinski definition) is 5. The number of nitrogens with zero attached hydrogens (tertiary/aromatic N) is 2. The molecule has 1 amide bonds. The van der Waals surface area contributed by atoms with Gasteiger partial charge in [-0.15, -0.1) is 0 Å². The molecule has 28 heavy (non-hydrogen) atoms. The Labute approximate surface area is 161 Å². The second-order valence-electron chi connectivity index (χ2n) is 6.85. The van der Waals surface area contributed by atoms with E-state index in [0.717, 1.165) is 6.42 Å². The lowest BCUT2D eigenvalue weighted by molar-refractivity contribution is 0.0962. The maximum absolute atomic E-state index is 12.6. The molecule has 0 fully saturated rings. The first-order chi connectivity index (χ1) is 13.5. The maximum Gasteiger partial charge on any atom is 0.291 e. The zero-order valence-electron chi connectivity index (χ0n) is 15.6. The van der Waals surface area contributed by atoms with Crippen LogP contribution in [-0.2, 0) is 13.5 Å². The molecule has 7 nitrogen and oxygen atoms in total. The van der Waals surface area contributed by atoms with Crippen LogP contribution in [0.25, 0.3) is 0 Å². The Bertz CT molecular complexity index is 1090. The van der Waals surface area contributed by atoms with Gasteiger partial charge in [0, 0.05) is 49.1 Å². The molecule has 1 aliphatic carbocycles. The average Bonchev–Trinajstić information content (AvgIpc) is 3.26. The van der Waals surface area contributed by atoms with Crippen molar-refractivity contribution in [3.05, 3.63) is 70.7 Å². The minimum Gasteiger partial charge on any atom is -0.455 e. The van der Waals surface area contributed by atoms with E-state index in [0.29, 0.717) is 46.8 Å². The van der Waals surface area contributed by atoms with Crippen molar-refractivity contribution in [2.45, 2.75) is 26.2 Å². The molecule has 0 saturated heterocycles. The first-order valence-electron chi connectivity index (χ1n) is 9.04. The fourth-order valence-electron chi connectivity index (χ4n) is 3.47. The summed E-state index contributed by atoms with van der Waals surface area (Å²) in [6, 6.07) is 6.57. The van der Waals surface area contributed by atoms with Crippen LogP contribution in [0.15, 0.2) is 41.1 Å². The number of aromatic nitrogens is 2. The number of amides is 1. The molecule has 0 bridgehead atoms. The van der Waals surface area contributed by atoms with Crippen LogP contribution in [0.2, 0.25) is 0 Å². The summed E-state index contributed by atoms with van der Waals surface area (Å²) < 4.78 is 7.32. The van der Waals surface area contributed by atoms with Gasteiger partial charge < -0.3 is 14.3 Å². The summed E-state index contributed by atoms with van der Waals surface area (Å²) >= 11 is 0. The number of ketones is 2. The van der Waals surface area contributed by atoms with Crippen LogP contribution in [-0.4, -0.2) is 27.0 Å². The highest BCUT2D eigenvalue weighted by Gasteiger charge is 2.28. The Hall–Kier alpha value is -3.48. The number of fused-ring (bicyclic) bond motifs is 1. The number of furan rings is 1. The number of nitrogens with one attached hydrogen (secondary N) is 1. The molecule has 0 spiro atoms. The molecule has 0 atom stereocenters. The second kappa shape index (κ2) is 6.92. The summed E-state index contributed by atoms with van der Waals surface area (Å²) in [4.78, 5) is 41.2. The zero-order chi connectivity index (χ0) is 19.8. The average molecular weight is 377 g/mol. The predicted molar refractivity (Wildman–Crippen MR) is 102 cm³/mol. The van der Waals surface area contributed by atoms with E-state index in [1.165, 1.54) is 0 Å². The molecular formula is C21H19N3O4. The van der Waals surface area contributed by atoms with E-state index < -0.39 is 5.91 Å². The normalized spacial score (nSPS) is 13.3. The third-order valence-corrected chi connectivity index (χ3v) is 4.94. The summed E-state index contributed by atoms with van der Waals surface area (Å²) in [6.45, 7) is 1.73. The van der Waals surface area contributed by atoms with E-state index in [-0.39, 0.29) is 17.3 Å². The Morgan fingerprint density at radius 1 is 1.18 bits per heavy atom. The Balaban J connectivity index is 1.52. The number of carbonyl (C=O) groups excluding carboxylic acids is 3. The molecule has 1 N–H and O–H groups in total. The summed E-state index contributed by atoms with van der Waals surface area (Å²) in [5.41, 5.74) is 2.13. The van der Waals surface area contributed by atoms with Gasteiger partial charge in [0.2, 0.25) is 5.78 Å². The molecule has 1 aliphatic rings. The lowest BCUT2D eigenvalue weighted by Crippen LogP contribution is -2.13. The molecular weight excluding hydrogens is 358 g/mol. The van der Waals surface area contributed by atoms with Crippen LogP contribution in [0.5, 0.6) is 0 Å². The molecule has 1 aromatic carbocycles. The van der Waals surface area contributed by atoms with Gasteiger partial charge >= 0.3 is 0 Å². The first kappa shape index (κ1) is 17.9. The number of Topliss-reactive ketones (excluding diaryl/α,β-unsaturated/α-hetero) is 1. The second-order valence-corrected chi connectivity index (χ2v) is 6.85. The summed E-state index contributed by atoms with van der Waals surface area (Å²) in [6.07, 6.45) is 5.17. The fourth-order valence-corrected chi connectivity index (χ4v) is 3.47. The first-order valence-corrected chi connectivity index (χ1v) is 9.04. The number of rotatable bonds is 4. The lowest BCUT2D eigenvalue weighted by Gasteiger charge is -2.07. The highest BCUT2D eigenvalue weighted by atomic mass is 16.4. The Kier molecular flexibility index (Phi) is 4.43. The predicted octanol–water partition coefficient (Wildman–Crippen LogP) is 3.32. The quantitative estimate of drug-likeness (QED) is 0.704. The fraction of sp³-hybridized carbons (Fsp3) is 0.238. The van der Waals surface area contributed by atoms with Gasteiger partial charge in [0.1, 0.15) is 5.76 Å². The van der Waals surface area contributed by atoms with Crippen LogP contribution in [0.3, 0.4) is 0 Å². The van der Waals surface area contributed by atoms with Crippen LogP contribution in [0, 0.1) is 6.92 Å². The number of carbonyl (C=O) groups is 3. The van der Waals surface area contributed by atoms with Gasteiger partial charge in [0.15, 0.2) is 17.4 Å². The van der Waals surface area contributed by atoms with Gasteiger partial charge in [0.05, 0.1) is 5.56 Å². The maximum atomic E-state index is 12.6. The largest absolute Gasteiger partial charge is 0.455 e. The number of hydrogen-bond donors (Lipinski definition) is 1. The highest BCUT2D eigenvalue weighted by molar-refractivity contribution is 6.09. The number of imidazole rings is 1. The van der Waals surface area contributed by atoms with E-state index in [4.69, 9.17) is 4.42 Å². The minimum absolute atomic E-state index is 0.0266. The van der Waals surface area contributed by atoms with Crippen molar-refractivity contribution in [2.24, 2.45) is 7.05 Å². The van der Waals surface area contributed by atoms with Crippen molar-refractivity contribution < 1.29 is 18.8 Å². The van der Waals surface area contributed by atoms with E-state index >= 15 is 0 Å². The van der Waals surface area contributed by atoms with E-state index in [1.54, 1.807) is 55.2 Å². The van der Waals surface area contributed by atoms with Gasteiger partial charge in [-0.2, -0.15) is 0 Å². The van der Waals surface area contributed by atoms with Crippen molar-refractivity contribution in [1.29, 1.82) is 0 Å². The van der Waals surface area contributed by atoms with Crippen LogP contribution in [0.1, 0.15) is 61.3 Å². The van der Waals surface area contributed by atoms with Gasteiger partial charge in [-0.3, -0.25) is 14.4 Å². The van der Waals surface area contributed by atoms with Crippen molar-refractivity contribution >= 4 is 23.2 Å². The third-order valence-electron chi connectivity index (χ3n) is 4.94. The van der Waals surface area contributed by atoms with E-state index in [1.807, 2.05) is 0 Å². The third kappa shape index (κ3) is 3.05. The SMILES string of the molecule is Cc1c(C(=O)Nc2ccc(C(=O)c3nccn3C)cc2)oc2c1C(=O)CCC2. The number of anilines is 1. The number of aryl methyl sites for hydroxylation is 2. The summed E-state index contributed by atoms with van der Waals surface area (Å²) in [5, 5.41) is 2.76. The molecule has 7 heteroatoms. The molecule has 0 radical (unpaired) electrons. The highest BCUT2D eigenvalue weighted by Crippen LogP contribution is 2.29. The Morgan fingerprint density at radius 2 is 1.93 bits per heavy atom. The van der Waals surface area contributed by atoms with Crippen molar-refractivity contribution in [2.75, 3.05) is 5.32 Å². The summed E-state index contributed by atoms with van der Waals surface area (Å²) in [7, 11) is 1.75. The topological polar surface area (TPSA) is 94.2 Å². The minimum atomic E-state index is -0.414. The number of benzene rings is 1. The van der Waals surface area contributed by atoms with Crippen molar-refractivity contribution in [1.82, 2.24) is 9.55 Å². The van der Waals surface area contributed by atoms with Crippen LogP contribution < -0.4 is 5.32 Å². The molecule has 0 unspecified atom stereocenters.